The summed E-state index contributed by atoms with van der Waals surface area (Å²) < 4.78 is 1.98. The second kappa shape index (κ2) is 9.06. The fraction of sp³-hybridized carbons (Fsp3) is 0.261. The molecule has 0 bridgehead atoms. The maximum absolute atomic E-state index is 13.3. The van der Waals surface area contributed by atoms with E-state index in [1.807, 2.05) is 58.9 Å². The van der Waals surface area contributed by atoms with Crippen molar-refractivity contribution < 1.29 is 4.79 Å². The van der Waals surface area contributed by atoms with Crippen LogP contribution >= 0.6 is 23.4 Å². The quantitative estimate of drug-likeness (QED) is 0.390. The summed E-state index contributed by atoms with van der Waals surface area (Å²) in [5.41, 5.74) is 3.18. The Kier molecular flexibility index (Phi) is 6.25. The van der Waals surface area contributed by atoms with E-state index in [9.17, 15) is 4.79 Å². The number of hydrogen-bond acceptors (Lipinski definition) is 4. The minimum absolute atomic E-state index is 0.0911. The van der Waals surface area contributed by atoms with E-state index >= 15 is 0 Å². The first-order chi connectivity index (χ1) is 14.6. The molecule has 0 saturated heterocycles. The van der Waals surface area contributed by atoms with Gasteiger partial charge >= 0.3 is 0 Å². The average molecular weight is 439 g/mol. The molecule has 7 heteroatoms. The molecule has 0 N–H and O–H groups in total. The Morgan fingerprint density at radius 1 is 1.23 bits per heavy atom. The largest absolute Gasteiger partial charge is 0.311 e. The van der Waals surface area contributed by atoms with Crippen molar-refractivity contribution in [2.24, 2.45) is 0 Å². The lowest BCUT2D eigenvalue weighted by atomic mass is 10.0. The number of amides is 1. The van der Waals surface area contributed by atoms with Gasteiger partial charge in [-0.1, -0.05) is 47.6 Å². The topological polar surface area (TPSA) is 51.0 Å². The monoisotopic (exact) mass is 438 g/mol. The summed E-state index contributed by atoms with van der Waals surface area (Å²) in [6, 6.07) is 15.6. The number of benzene rings is 2. The smallest absolute Gasteiger partial charge is 0.240 e. The zero-order valence-electron chi connectivity index (χ0n) is 16.8. The van der Waals surface area contributed by atoms with Crippen LogP contribution in [0.3, 0.4) is 0 Å². The highest BCUT2D eigenvalue weighted by atomic mass is 35.5. The zero-order valence-corrected chi connectivity index (χ0v) is 18.4. The third-order valence-electron chi connectivity index (χ3n) is 5.14. The molecule has 0 unspecified atom stereocenters. The molecule has 5 nitrogen and oxygen atoms in total. The van der Waals surface area contributed by atoms with Crippen molar-refractivity contribution in [3.05, 3.63) is 71.8 Å². The first kappa shape index (κ1) is 20.7. The highest BCUT2D eigenvalue weighted by Crippen LogP contribution is 2.32. The normalized spacial score (nSPS) is 14.3. The van der Waals surface area contributed by atoms with Crippen LogP contribution in [0.15, 0.2) is 66.3 Å². The number of thioether (sulfide) groups is 1. The van der Waals surface area contributed by atoms with Crippen molar-refractivity contribution in [2.45, 2.75) is 36.7 Å². The minimum atomic E-state index is -0.290. The molecule has 30 heavy (non-hydrogen) atoms. The molecule has 2 aromatic carbocycles. The van der Waals surface area contributed by atoms with Crippen molar-refractivity contribution in [3.8, 4) is 11.4 Å². The highest BCUT2D eigenvalue weighted by Gasteiger charge is 2.28. The number of allylic oxidation sites excluding steroid dienone is 1. The highest BCUT2D eigenvalue weighted by molar-refractivity contribution is 8.00. The summed E-state index contributed by atoms with van der Waals surface area (Å²) in [5.74, 6) is 0.824. The molecule has 3 aromatic rings. The number of carbonyl (C=O) groups is 1. The van der Waals surface area contributed by atoms with E-state index in [2.05, 4.69) is 22.8 Å². The molecular weight excluding hydrogens is 416 g/mol. The number of aromatic nitrogens is 3. The van der Waals surface area contributed by atoms with Gasteiger partial charge in [0.2, 0.25) is 5.91 Å². The van der Waals surface area contributed by atoms with Crippen LogP contribution in [0.25, 0.3) is 11.4 Å². The van der Waals surface area contributed by atoms with Gasteiger partial charge in [-0.2, -0.15) is 0 Å². The number of rotatable bonds is 6. The molecule has 1 aliphatic heterocycles. The van der Waals surface area contributed by atoms with Gasteiger partial charge in [-0.15, -0.1) is 16.8 Å². The molecule has 0 radical (unpaired) electrons. The van der Waals surface area contributed by atoms with Crippen LogP contribution in [0.4, 0.5) is 5.69 Å². The van der Waals surface area contributed by atoms with Gasteiger partial charge in [-0.3, -0.25) is 9.36 Å². The molecular formula is C23H23ClN4OS. The van der Waals surface area contributed by atoms with Crippen LogP contribution in [-0.4, -0.2) is 32.5 Å². The summed E-state index contributed by atoms with van der Waals surface area (Å²) in [5, 5.41) is 9.82. The van der Waals surface area contributed by atoms with Gasteiger partial charge in [0.05, 0.1) is 5.25 Å². The lowest BCUT2D eigenvalue weighted by molar-refractivity contribution is -0.117. The molecule has 0 spiro atoms. The van der Waals surface area contributed by atoms with Crippen molar-refractivity contribution in [1.82, 2.24) is 14.8 Å². The first-order valence-corrected chi connectivity index (χ1v) is 11.2. The Labute approximate surface area is 185 Å². The van der Waals surface area contributed by atoms with Gasteiger partial charge in [0.25, 0.3) is 0 Å². The van der Waals surface area contributed by atoms with Gasteiger partial charge in [0.15, 0.2) is 11.0 Å². The molecule has 0 aliphatic carbocycles. The van der Waals surface area contributed by atoms with E-state index in [1.165, 1.54) is 17.3 Å². The van der Waals surface area contributed by atoms with Gasteiger partial charge in [0, 0.05) is 29.4 Å². The molecule has 1 atom stereocenters. The molecule has 1 amide bonds. The third-order valence-corrected chi connectivity index (χ3v) is 6.46. The zero-order chi connectivity index (χ0) is 21.1. The predicted octanol–water partition coefficient (Wildman–Crippen LogP) is 5.24. The summed E-state index contributed by atoms with van der Waals surface area (Å²) in [6.07, 6.45) is 3.80. The summed E-state index contributed by atoms with van der Waals surface area (Å²) in [7, 11) is 0. The van der Waals surface area contributed by atoms with Crippen molar-refractivity contribution in [1.29, 1.82) is 0 Å². The second-order valence-electron chi connectivity index (χ2n) is 7.19. The van der Waals surface area contributed by atoms with Gasteiger partial charge in [0.1, 0.15) is 0 Å². The van der Waals surface area contributed by atoms with Crippen LogP contribution in [-0.2, 0) is 17.8 Å². The summed E-state index contributed by atoms with van der Waals surface area (Å²) in [6.45, 7) is 7.09. The molecule has 1 aromatic heterocycles. The third kappa shape index (κ3) is 4.16. The fourth-order valence-corrected chi connectivity index (χ4v) is 4.72. The van der Waals surface area contributed by atoms with E-state index in [0.29, 0.717) is 16.7 Å². The number of fused-ring (bicyclic) bond motifs is 1. The Hall–Kier alpha value is -2.57. The SMILES string of the molecule is C=CCn1c(S[C@H](C)C(=O)N2CCCc3ccccc32)nnc1-c1ccc(Cl)cc1. The van der Waals surface area contributed by atoms with E-state index in [4.69, 9.17) is 11.6 Å². The fourth-order valence-electron chi connectivity index (χ4n) is 3.67. The Balaban J connectivity index is 1.57. The molecule has 1 aliphatic rings. The number of hydrogen-bond donors (Lipinski definition) is 0. The molecule has 2 heterocycles. The number of aryl methyl sites for hydroxylation is 1. The summed E-state index contributed by atoms with van der Waals surface area (Å²) in [4.78, 5) is 15.2. The van der Waals surface area contributed by atoms with E-state index in [-0.39, 0.29) is 11.2 Å². The van der Waals surface area contributed by atoms with Crippen molar-refractivity contribution in [3.63, 3.8) is 0 Å². The Bertz CT molecular complexity index is 1060. The van der Waals surface area contributed by atoms with Gasteiger partial charge in [-0.25, -0.2) is 0 Å². The average Bonchev–Trinajstić information content (AvgIpc) is 3.15. The minimum Gasteiger partial charge on any atom is -0.311 e. The molecule has 0 fully saturated rings. The van der Waals surface area contributed by atoms with Crippen LogP contribution in [0.1, 0.15) is 18.9 Å². The second-order valence-corrected chi connectivity index (χ2v) is 8.94. The first-order valence-electron chi connectivity index (χ1n) is 9.94. The van der Waals surface area contributed by atoms with Crippen molar-refractivity contribution >= 4 is 35.0 Å². The Morgan fingerprint density at radius 2 is 2.00 bits per heavy atom. The van der Waals surface area contributed by atoms with E-state index in [1.54, 1.807) is 6.08 Å². The molecule has 154 valence electrons. The summed E-state index contributed by atoms with van der Waals surface area (Å²) >= 11 is 7.44. The van der Waals surface area contributed by atoms with Crippen molar-refractivity contribution in [2.75, 3.05) is 11.4 Å². The Morgan fingerprint density at radius 3 is 2.77 bits per heavy atom. The van der Waals surface area contributed by atoms with Crippen LogP contribution in [0, 0.1) is 0 Å². The van der Waals surface area contributed by atoms with Gasteiger partial charge < -0.3 is 4.90 Å². The maximum atomic E-state index is 13.3. The number of para-hydroxylation sites is 1. The maximum Gasteiger partial charge on any atom is 0.240 e. The number of halogens is 1. The molecule has 4 rings (SSSR count). The lowest BCUT2D eigenvalue weighted by Crippen LogP contribution is -2.40. The van der Waals surface area contributed by atoms with E-state index < -0.39 is 0 Å². The van der Waals surface area contributed by atoms with Crippen LogP contribution in [0.2, 0.25) is 5.02 Å². The van der Waals surface area contributed by atoms with E-state index in [0.717, 1.165) is 36.5 Å². The lowest BCUT2D eigenvalue weighted by Gasteiger charge is -2.31. The predicted molar refractivity (Wildman–Crippen MR) is 123 cm³/mol. The van der Waals surface area contributed by atoms with Crippen LogP contribution in [0.5, 0.6) is 0 Å². The number of carbonyl (C=O) groups excluding carboxylic acids is 1. The number of anilines is 1. The standard InChI is InChI=1S/C23H23ClN4OS/c1-3-14-28-21(18-10-12-19(24)13-11-18)25-26-23(28)30-16(2)22(29)27-15-6-8-17-7-4-5-9-20(17)27/h3-5,7,9-13,16H,1,6,8,14-15H2,2H3/t16-/m1/s1. The molecule has 0 saturated carbocycles. The van der Waals surface area contributed by atoms with Crippen LogP contribution < -0.4 is 4.90 Å². The number of nitrogens with zero attached hydrogens (tertiary/aromatic N) is 4. The van der Waals surface area contributed by atoms with Gasteiger partial charge in [-0.05, 0) is 55.7 Å².